The number of para-hydroxylation sites is 1. The van der Waals surface area contributed by atoms with Gasteiger partial charge in [0.15, 0.2) is 0 Å². The molecule has 0 bridgehead atoms. The van der Waals surface area contributed by atoms with Gasteiger partial charge in [-0.25, -0.2) is 4.79 Å². The van der Waals surface area contributed by atoms with Gasteiger partial charge in [0.05, 0.1) is 29.8 Å². The largest absolute Gasteiger partial charge is 0.465 e. The van der Waals surface area contributed by atoms with Crippen LogP contribution < -0.4 is 5.32 Å². The number of benzene rings is 3. The van der Waals surface area contributed by atoms with E-state index in [-0.39, 0.29) is 22.0 Å². The molecule has 5 nitrogen and oxygen atoms in total. The summed E-state index contributed by atoms with van der Waals surface area (Å²) in [6, 6.07) is 14.9. The van der Waals surface area contributed by atoms with Gasteiger partial charge < -0.3 is 14.6 Å². The third-order valence-electron chi connectivity index (χ3n) is 6.24. The van der Waals surface area contributed by atoms with Crippen LogP contribution in [-0.2, 0) is 23.6 Å². The topological polar surface area (TPSA) is 60.3 Å². The molecule has 1 amide bonds. The van der Waals surface area contributed by atoms with Crippen molar-refractivity contribution in [1.29, 1.82) is 0 Å². The Kier molecular flexibility index (Phi) is 7.45. The summed E-state index contributed by atoms with van der Waals surface area (Å²) in [6.07, 6.45) is -9.58. The number of carbonyl (C=O) groups excluding carboxylic acids is 2. The van der Waals surface area contributed by atoms with Crippen LogP contribution >= 0.6 is 0 Å². The number of halogens is 6. The fraction of sp³-hybridized carbons (Fsp3) is 0.214. The van der Waals surface area contributed by atoms with Gasteiger partial charge >= 0.3 is 18.3 Å². The van der Waals surface area contributed by atoms with E-state index in [1.807, 2.05) is 0 Å². The molecule has 0 saturated carbocycles. The number of alkyl halides is 6. The van der Waals surface area contributed by atoms with Crippen LogP contribution in [0.4, 0.5) is 26.3 Å². The van der Waals surface area contributed by atoms with Gasteiger partial charge in [0.2, 0.25) is 0 Å². The first-order valence-corrected chi connectivity index (χ1v) is 11.6. The number of carbonyl (C=O) groups is 2. The lowest BCUT2D eigenvalue weighted by Crippen LogP contribution is -2.31. The van der Waals surface area contributed by atoms with Crippen LogP contribution in [0.1, 0.15) is 56.1 Å². The molecule has 3 aromatic carbocycles. The normalized spacial score (nSPS) is 12.8. The zero-order valence-electron chi connectivity index (χ0n) is 20.7. The molecule has 4 aromatic rings. The number of amides is 1. The number of rotatable bonds is 6. The molecule has 0 spiro atoms. The zero-order chi connectivity index (χ0) is 28.5. The minimum Gasteiger partial charge on any atom is -0.465 e. The maximum absolute atomic E-state index is 14.3. The van der Waals surface area contributed by atoms with Crippen molar-refractivity contribution in [3.63, 3.8) is 0 Å². The average Bonchev–Trinajstić information content (AvgIpc) is 3.22. The molecule has 204 valence electrons. The number of hydrogen-bond donors (Lipinski definition) is 1. The lowest BCUT2D eigenvalue weighted by Gasteiger charge is -2.18. The zero-order valence-corrected chi connectivity index (χ0v) is 20.7. The van der Waals surface area contributed by atoms with E-state index in [1.165, 1.54) is 61.7 Å². The molecule has 1 N–H and O–H groups in total. The van der Waals surface area contributed by atoms with Crippen molar-refractivity contribution in [3.8, 4) is 0 Å². The Labute approximate surface area is 219 Å². The molecule has 11 heteroatoms. The predicted molar refractivity (Wildman–Crippen MR) is 131 cm³/mol. The van der Waals surface area contributed by atoms with Crippen LogP contribution in [0.25, 0.3) is 10.9 Å². The van der Waals surface area contributed by atoms with Gasteiger partial charge in [-0.2, -0.15) is 26.3 Å². The summed E-state index contributed by atoms with van der Waals surface area (Å²) in [5, 5.41) is 2.30. The second kappa shape index (κ2) is 10.5. The molecular formula is C28H22F6N2O3. The minimum absolute atomic E-state index is 0.0440. The van der Waals surface area contributed by atoms with Crippen molar-refractivity contribution < 1.29 is 40.7 Å². The Bertz CT molecular complexity index is 1520. The molecule has 4 rings (SSSR count). The lowest BCUT2D eigenvalue weighted by molar-refractivity contribution is -0.138. The summed E-state index contributed by atoms with van der Waals surface area (Å²) in [5.74, 6) is -1.64. The average molecular weight is 548 g/mol. The second-order valence-corrected chi connectivity index (χ2v) is 8.83. The van der Waals surface area contributed by atoms with Crippen LogP contribution in [0, 0.1) is 0 Å². The monoisotopic (exact) mass is 548 g/mol. The predicted octanol–water partition coefficient (Wildman–Crippen LogP) is 7.00. The fourth-order valence-electron chi connectivity index (χ4n) is 4.39. The molecule has 0 saturated heterocycles. The van der Waals surface area contributed by atoms with E-state index in [0.29, 0.717) is 5.56 Å². The maximum Gasteiger partial charge on any atom is 0.419 e. The van der Waals surface area contributed by atoms with Gasteiger partial charge in [0.25, 0.3) is 5.91 Å². The Balaban J connectivity index is 1.78. The third-order valence-corrected chi connectivity index (χ3v) is 6.24. The van der Waals surface area contributed by atoms with Crippen molar-refractivity contribution in [2.75, 3.05) is 7.11 Å². The second-order valence-electron chi connectivity index (χ2n) is 8.83. The molecule has 0 aliphatic carbocycles. The number of esters is 1. The smallest absolute Gasteiger partial charge is 0.419 e. The van der Waals surface area contributed by atoms with E-state index in [2.05, 4.69) is 10.1 Å². The molecule has 0 aliphatic heterocycles. The molecule has 1 unspecified atom stereocenters. The van der Waals surface area contributed by atoms with Crippen LogP contribution in [0.3, 0.4) is 0 Å². The first-order valence-electron chi connectivity index (χ1n) is 11.6. The van der Waals surface area contributed by atoms with E-state index in [4.69, 9.17) is 0 Å². The SMILES string of the molecule is COC(=O)c1ccc(C(C)NC(=O)c2c(C(F)(F)F)c3ccccc3n2Cc2cccc(C(F)(F)F)c2)cc1. The van der Waals surface area contributed by atoms with E-state index in [0.717, 1.165) is 22.8 Å². The van der Waals surface area contributed by atoms with Gasteiger partial charge in [-0.3, -0.25) is 4.79 Å². The summed E-state index contributed by atoms with van der Waals surface area (Å²) >= 11 is 0. The van der Waals surface area contributed by atoms with E-state index in [9.17, 15) is 35.9 Å². The molecule has 39 heavy (non-hydrogen) atoms. The Morgan fingerprint density at radius 1 is 0.897 bits per heavy atom. The highest BCUT2D eigenvalue weighted by Crippen LogP contribution is 2.40. The Hall–Kier alpha value is -4.28. The minimum atomic E-state index is -4.93. The van der Waals surface area contributed by atoms with Gasteiger partial charge in [-0.05, 0) is 48.4 Å². The summed E-state index contributed by atoms with van der Waals surface area (Å²) in [4.78, 5) is 25.1. The number of methoxy groups -OCH3 is 1. The van der Waals surface area contributed by atoms with Crippen molar-refractivity contribution in [3.05, 3.63) is 106 Å². The first-order chi connectivity index (χ1) is 18.3. The van der Waals surface area contributed by atoms with Crippen molar-refractivity contribution >= 4 is 22.8 Å². The van der Waals surface area contributed by atoms with Gasteiger partial charge in [0.1, 0.15) is 5.69 Å². The molecule has 1 atom stereocenters. The molecular weight excluding hydrogens is 526 g/mol. The number of aromatic nitrogens is 1. The highest BCUT2D eigenvalue weighted by atomic mass is 19.4. The summed E-state index contributed by atoms with van der Waals surface area (Å²) < 4.78 is 88.6. The summed E-state index contributed by atoms with van der Waals surface area (Å²) in [5.41, 5.74) is -2.00. The van der Waals surface area contributed by atoms with Gasteiger partial charge in [-0.15, -0.1) is 0 Å². The van der Waals surface area contributed by atoms with Crippen LogP contribution in [0.5, 0.6) is 0 Å². The molecule has 1 aromatic heterocycles. The van der Waals surface area contributed by atoms with E-state index < -0.39 is 53.6 Å². The number of hydrogen-bond acceptors (Lipinski definition) is 3. The van der Waals surface area contributed by atoms with Crippen molar-refractivity contribution in [1.82, 2.24) is 9.88 Å². The van der Waals surface area contributed by atoms with Crippen LogP contribution in [0.2, 0.25) is 0 Å². The van der Waals surface area contributed by atoms with Crippen LogP contribution in [0.15, 0.2) is 72.8 Å². The standard InChI is InChI=1S/C28H22F6N2O3/c1-16(18-10-12-19(13-11-18)26(38)39-2)35-25(37)24-23(28(32,33)34)21-8-3-4-9-22(21)36(24)15-17-6-5-7-20(14-17)27(29,30)31/h3-14,16H,15H2,1-2H3,(H,35,37). The quantitative estimate of drug-likeness (QED) is 0.208. The van der Waals surface area contributed by atoms with Crippen LogP contribution in [-0.4, -0.2) is 23.6 Å². The Morgan fingerprint density at radius 2 is 1.56 bits per heavy atom. The highest BCUT2D eigenvalue weighted by Gasteiger charge is 2.41. The number of nitrogens with zero attached hydrogens (tertiary/aromatic N) is 1. The molecule has 1 heterocycles. The van der Waals surface area contributed by atoms with Crippen molar-refractivity contribution in [2.45, 2.75) is 31.9 Å². The van der Waals surface area contributed by atoms with Crippen molar-refractivity contribution in [2.24, 2.45) is 0 Å². The van der Waals surface area contributed by atoms with Gasteiger partial charge in [-0.1, -0.05) is 42.5 Å². The molecule has 0 radical (unpaired) electrons. The summed E-state index contributed by atoms with van der Waals surface area (Å²) in [6.45, 7) is 1.14. The molecule has 0 aliphatic rings. The maximum atomic E-state index is 14.3. The first kappa shape index (κ1) is 27.7. The highest BCUT2D eigenvalue weighted by molar-refractivity contribution is 6.02. The fourth-order valence-corrected chi connectivity index (χ4v) is 4.39. The third kappa shape index (κ3) is 5.76. The van der Waals surface area contributed by atoms with E-state index >= 15 is 0 Å². The lowest BCUT2D eigenvalue weighted by atomic mass is 10.1. The van der Waals surface area contributed by atoms with E-state index in [1.54, 1.807) is 6.92 Å². The molecule has 0 fully saturated rings. The van der Waals surface area contributed by atoms with Gasteiger partial charge in [0, 0.05) is 17.4 Å². The Morgan fingerprint density at radius 3 is 2.18 bits per heavy atom. The number of ether oxygens (including phenoxy) is 1. The summed E-state index contributed by atoms with van der Waals surface area (Å²) in [7, 11) is 1.22. The number of nitrogens with one attached hydrogen (secondary N) is 1. The number of fused-ring (bicyclic) bond motifs is 1.